The van der Waals surface area contributed by atoms with E-state index >= 15 is 0 Å². The summed E-state index contributed by atoms with van der Waals surface area (Å²) >= 11 is 0. The van der Waals surface area contributed by atoms with Crippen LogP contribution in [0.1, 0.15) is 70.0 Å². The third-order valence-electron chi connectivity index (χ3n) is 12.5. The predicted molar refractivity (Wildman–Crippen MR) is 247 cm³/mol. The smallest absolute Gasteiger partial charge is 0.249 e. The maximum atomic E-state index is 14.7. The van der Waals surface area contributed by atoms with Crippen LogP contribution in [0.15, 0.2) is 36.0 Å². The van der Waals surface area contributed by atoms with Crippen molar-refractivity contribution in [1.29, 1.82) is 0 Å². The number of carbonyl (C=O) groups excluding carboxylic acids is 8. The summed E-state index contributed by atoms with van der Waals surface area (Å²) in [7, 11) is 0. The van der Waals surface area contributed by atoms with E-state index in [2.05, 4.69) is 31.9 Å². The summed E-state index contributed by atoms with van der Waals surface area (Å²) in [6.45, 7) is 0.145. The molecule has 3 fully saturated rings. The molecule has 0 saturated carbocycles. The summed E-state index contributed by atoms with van der Waals surface area (Å²) in [6, 6.07) is -7.74. The average molecular weight is 1010 g/mol. The molecule has 0 aromatic heterocycles. The normalized spacial score (nSPS) is 29.0. The van der Waals surface area contributed by atoms with Gasteiger partial charge in [0.2, 0.25) is 47.8 Å². The Labute approximate surface area is 408 Å². The van der Waals surface area contributed by atoms with E-state index in [-0.39, 0.29) is 49.4 Å². The maximum Gasteiger partial charge on any atom is 0.249 e. The minimum Gasteiger partial charge on any atom is -0.508 e. The number of hydrogen-bond acceptors (Lipinski definition) is 19. The number of unbranched alkanes of at least 4 members (excludes halogenated alkanes) is 1. The van der Waals surface area contributed by atoms with Gasteiger partial charge in [-0.15, -0.1) is 0 Å². The lowest BCUT2D eigenvalue weighted by Crippen LogP contribution is -2.64. The molecular formula is C44H69N11O16. The van der Waals surface area contributed by atoms with Gasteiger partial charge in [-0.3, -0.25) is 38.4 Å². The number of nitrogens with two attached hydrogens (primary N) is 3. The molecule has 4 rings (SSSR count). The number of aliphatic hydroxyl groups excluding tert-OH is 7. The number of aliphatic hydroxyl groups is 7. The van der Waals surface area contributed by atoms with Crippen LogP contribution in [0.25, 0.3) is 0 Å². The Morgan fingerprint density at radius 2 is 1.48 bits per heavy atom. The zero-order chi connectivity index (χ0) is 52.7. The fourth-order valence-electron chi connectivity index (χ4n) is 8.52. The van der Waals surface area contributed by atoms with E-state index in [9.17, 15) is 79.2 Å². The van der Waals surface area contributed by atoms with Crippen LogP contribution in [0.4, 0.5) is 0 Å². The predicted octanol–water partition coefficient (Wildman–Crippen LogP) is -7.90. The Bertz CT molecular complexity index is 2050. The van der Waals surface area contributed by atoms with Crippen LogP contribution < -0.4 is 49.1 Å². The Morgan fingerprint density at radius 3 is 2.11 bits per heavy atom. The van der Waals surface area contributed by atoms with Crippen LogP contribution in [-0.4, -0.2) is 210 Å². The summed E-state index contributed by atoms with van der Waals surface area (Å²) in [4.78, 5) is 111. The van der Waals surface area contributed by atoms with Crippen molar-refractivity contribution < 1.29 is 79.2 Å². The summed E-state index contributed by atoms with van der Waals surface area (Å²) in [5.74, 6) is -8.13. The zero-order valence-electron chi connectivity index (χ0n) is 39.2. The van der Waals surface area contributed by atoms with Gasteiger partial charge in [0.1, 0.15) is 54.2 Å². The van der Waals surface area contributed by atoms with Crippen LogP contribution >= 0.6 is 0 Å². The Morgan fingerprint density at radius 1 is 0.831 bits per heavy atom. The van der Waals surface area contributed by atoms with Gasteiger partial charge in [-0.2, -0.15) is 0 Å². The van der Waals surface area contributed by atoms with Gasteiger partial charge in [0.05, 0.1) is 36.6 Å². The molecular weight excluding hydrogens is 939 g/mol. The molecule has 3 aliphatic rings. The van der Waals surface area contributed by atoms with E-state index in [1.165, 1.54) is 18.2 Å². The van der Waals surface area contributed by atoms with Crippen LogP contribution in [0.2, 0.25) is 0 Å². The van der Waals surface area contributed by atoms with E-state index in [1.54, 1.807) is 0 Å². The summed E-state index contributed by atoms with van der Waals surface area (Å²) in [5.41, 5.74) is 17.0. The second-order valence-corrected chi connectivity index (χ2v) is 17.8. The molecule has 27 heteroatoms. The molecule has 20 N–H and O–H groups in total. The largest absolute Gasteiger partial charge is 0.508 e. The number of rotatable bonds is 17. The first-order valence-electron chi connectivity index (χ1n) is 23.4. The topological polar surface area (TPSA) is 455 Å². The molecule has 1 aromatic carbocycles. The fourth-order valence-corrected chi connectivity index (χ4v) is 8.52. The lowest BCUT2D eigenvalue weighted by molar-refractivity contribution is -0.148. The molecule has 71 heavy (non-hydrogen) atoms. The number of benzene rings is 1. The van der Waals surface area contributed by atoms with Crippen molar-refractivity contribution in [2.75, 3.05) is 32.7 Å². The van der Waals surface area contributed by atoms with E-state index in [0.717, 1.165) is 28.9 Å². The van der Waals surface area contributed by atoms with Crippen molar-refractivity contribution in [3.8, 4) is 5.75 Å². The Kier molecular flexibility index (Phi) is 22.0. The standard InChI is InChI=1S/C44H69N11O16/c1-21(57)32-43(70)55-19-24(59)17-28(55)40(67)53-34(37(64)36(63)22-7-9-23(58)10-8-22)41(68)52-33(29(60)11-15-48-39(66)27(49-20-56)5-2-3-13-45)44(71)54-16-12-30(61)35(54)42(69)50-26(6-4-14-46)31(62)18-25(47)38(65)51-32/h6-10,20-21,24-25,27-37,57-64H,2-5,11-19,45-47H2,1H3,(H,48,66)(H,49,56)(H,50,69)(H,51,65)(H,52,68)(H,53,67)/b26-6-/t21-,24-,25?,27?,28+,29-,30+,31-,32+,33+,34+,35+,36+,37+/m1/s1. The van der Waals surface area contributed by atoms with Gasteiger partial charge < -0.3 is 99.8 Å². The van der Waals surface area contributed by atoms with Crippen LogP contribution in [-0.2, 0) is 38.4 Å². The molecule has 2 unspecified atom stereocenters. The SMILES string of the molecule is C[C@@H](O)[C@@H]1NC(=O)C(N)C[C@@H](O)/C(=C/CCN)NC(=O)[C@@H]2[C@@H](O)CCN2C(=O)[C@H]([C@H](O)CCNC(=O)C(CCCCN)NC=O)NC(=O)[C@H]([C@H](O)[C@@H](O)c2ccc(O)cc2)NC(=O)[C@@H]2C[C@@H](O)CN2C1=O. The molecule has 396 valence electrons. The van der Waals surface area contributed by atoms with Gasteiger partial charge in [0.25, 0.3) is 0 Å². The highest BCUT2D eigenvalue weighted by Crippen LogP contribution is 2.26. The van der Waals surface area contributed by atoms with Gasteiger partial charge in [-0.05, 0) is 76.2 Å². The Balaban J connectivity index is 1.84. The van der Waals surface area contributed by atoms with Gasteiger partial charge in [0.15, 0.2) is 0 Å². The number of phenolic OH excluding ortho intramolecular Hbond substituents is 1. The molecule has 0 radical (unpaired) electrons. The lowest BCUT2D eigenvalue weighted by Gasteiger charge is -2.34. The summed E-state index contributed by atoms with van der Waals surface area (Å²) < 4.78 is 0. The summed E-state index contributed by atoms with van der Waals surface area (Å²) in [5, 5.41) is 103. The number of phenols is 1. The molecule has 8 amide bonds. The molecule has 1 aromatic rings. The molecule has 3 aliphatic heterocycles. The van der Waals surface area contributed by atoms with E-state index in [4.69, 9.17) is 17.2 Å². The minimum absolute atomic E-state index is 0.000939. The number of hydrogen-bond donors (Lipinski definition) is 17. The number of fused-ring (bicyclic) bond motifs is 2. The highest BCUT2D eigenvalue weighted by Gasteiger charge is 2.48. The van der Waals surface area contributed by atoms with Gasteiger partial charge in [-0.1, -0.05) is 18.2 Å². The minimum atomic E-state index is -2.34. The van der Waals surface area contributed by atoms with Crippen LogP contribution in [0.5, 0.6) is 5.75 Å². The fraction of sp³-hybridized carbons (Fsp3) is 0.636. The van der Waals surface area contributed by atoms with Crippen molar-refractivity contribution in [3.63, 3.8) is 0 Å². The van der Waals surface area contributed by atoms with E-state index < -0.39 is 159 Å². The van der Waals surface area contributed by atoms with E-state index in [1.807, 2.05) is 0 Å². The molecule has 0 spiro atoms. The second-order valence-electron chi connectivity index (χ2n) is 17.8. The average Bonchev–Trinajstić information content (AvgIpc) is 3.93. The van der Waals surface area contributed by atoms with E-state index in [0.29, 0.717) is 25.8 Å². The Hall–Kier alpha value is -5.88. The van der Waals surface area contributed by atoms with Crippen molar-refractivity contribution in [3.05, 3.63) is 41.6 Å². The zero-order valence-corrected chi connectivity index (χ0v) is 39.2. The first-order chi connectivity index (χ1) is 33.6. The molecule has 27 nitrogen and oxygen atoms in total. The van der Waals surface area contributed by atoms with Gasteiger partial charge in [0, 0.05) is 38.2 Å². The van der Waals surface area contributed by atoms with Crippen LogP contribution in [0.3, 0.4) is 0 Å². The molecule has 3 saturated heterocycles. The van der Waals surface area contributed by atoms with Gasteiger partial charge >= 0.3 is 0 Å². The molecule has 0 aliphatic carbocycles. The van der Waals surface area contributed by atoms with Gasteiger partial charge in [-0.25, -0.2) is 0 Å². The number of amides is 8. The van der Waals surface area contributed by atoms with Crippen molar-refractivity contribution >= 4 is 47.8 Å². The second kappa shape index (κ2) is 27.1. The molecule has 3 heterocycles. The highest BCUT2D eigenvalue weighted by molar-refractivity contribution is 5.98. The molecule has 0 bridgehead atoms. The lowest BCUT2D eigenvalue weighted by atomic mass is 9.96. The number of nitrogens with zero attached hydrogens (tertiary/aromatic N) is 2. The number of nitrogens with one attached hydrogen (secondary N) is 6. The van der Waals surface area contributed by atoms with Crippen molar-refractivity contribution in [2.24, 2.45) is 17.2 Å². The monoisotopic (exact) mass is 1010 g/mol. The molecule has 14 atom stereocenters. The third-order valence-corrected chi connectivity index (χ3v) is 12.5. The number of carbonyl (C=O) groups is 8. The first kappa shape index (κ1) is 57.7. The third kappa shape index (κ3) is 15.3. The summed E-state index contributed by atoms with van der Waals surface area (Å²) in [6.07, 6.45) is -11.8. The van der Waals surface area contributed by atoms with Crippen molar-refractivity contribution in [2.45, 2.75) is 143 Å². The quantitative estimate of drug-likeness (QED) is 0.0509. The maximum absolute atomic E-state index is 14.7. The van der Waals surface area contributed by atoms with Crippen LogP contribution in [0, 0.1) is 0 Å². The van der Waals surface area contributed by atoms with Crippen molar-refractivity contribution in [1.82, 2.24) is 41.7 Å². The number of aromatic hydroxyl groups is 1. The first-order valence-corrected chi connectivity index (χ1v) is 23.4. The highest BCUT2D eigenvalue weighted by atomic mass is 16.3.